The molecule has 2 aromatic rings. The summed E-state index contributed by atoms with van der Waals surface area (Å²) in [4.78, 5) is 12.2. The van der Waals surface area contributed by atoms with Crippen LogP contribution < -0.4 is 10.1 Å². The van der Waals surface area contributed by atoms with Crippen molar-refractivity contribution in [3.63, 3.8) is 0 Å². The highest BCUT2D eigenvalue weighted by Gasteiger charge is 2.40. The van der Waals surface area contributed by atoms with E-state index in [1.54, 1.807) is 0 Å². The highest BCUT2D eigenvalue weighted by Crippen LogP contribution is 2.46. The van der Waals surface area contributed by atoms with Crippen LogP contribution in [0, 0.1) is 23.5 Å². The third-order valence-electron chi connectivity index (χ3n) is 4.33. The van der Waals surface area contributed by atoms with E-state index in [2.05, 4.69) is 12.2 Å². The number of ether oxygens (including phenoxy) is 1. The Kier molecular flexibility index (Phi) is 4.79. The Morgan fingerprint density at radius 1 is 1.25 bits per heavy atom. The Hall–Kier alpha value is -2.43. The van der Waals surface area contributed by atoms with Crippen LogP contribution in [0.5, 0.6) is 5.75 Å². The van der Waals surface area contributed by atoms with Gasteiger partial charge in [0, 0.05) is 6.07 Å². The Morgan fingerprint density at radius 2 is 1.96 bits per heavy atom. The summed E-state index contributed by atoms with van der Waals surface area (Å²) in [5.41, 5.74) is 1.05. The largest absolute Gasteiger partial charge is 0.481 e. The molecule has 1 saturated carbocycles. The van der Waals surface area contributed by atoms with E-state index in [0.29, 0.717) is 11.8 Å². The van der Waals surface area contributed by atoms with Crippen LogP contribution in [0.3, 0.4) is 0 Å². The van der Waals surface area contributed by atoms with E-state index in [0.717, 1.165) is 24.1 Å². The maximum atomic E-state index is 13.5. The van der Waals surface area contributed by atoms with Crippen molar-refractivity contribution in [2.24, 2.45) is 11.8 Å². The van der Waals surface area contributed by atoms with Crippen molar-refractivity contribution in [2.75, 3.05) is 6.61 Å². The number of hydrogen-bond donors (Lipinski definition) is 1. The zero-order chi connectivity index (χ0) is 17.1. The van der Waals surface area contributed by atoms with Crippen molar-refractivity contribution < 1.29 is 18.3 Å². The normalized spacial score (nSPS) is 20.3. The molecule has 0 aromatic heterocycles. The SMILES string of the molecule is CC1CC1C(NC(=O)COc1ccc(F)cc1F)c1ccccc1. The van der Waals surface area contributed by atoms with Gasteiger partial charge in [0.05, 0.1) is 6.04 Å². The number of carbonyl (C=O) groups is 1. The van der Waals surface area contributed by atoms with Gasteiger partial charge in [0.25, 0.3) is 5.91 Å². The minimum atomic E-state index is -0.821. The summed E-state index contributed by atoms with van der Waals surface area (Å²) in [6.07, 6.45) is 1.06. The Labute approximate surface area is 139 Å². The van der Waals surface area contributed by atoms with Gasteiger partial charge in [-0.1, -0.05) is 37.3 Å². The van der Waals surface area contributed by atoms with Gasteiger partial charge in [-0.25, -0.2) is 8.78 Å². The standard InChI is InChI=1S/C19H19F2NO2/c1-12-9-15(12)19(13-5-3-2-4-6-13)22-18(23)11-24-17-8-7-14(20)10-16(17)21/h2-8,10,12,15,19H,9,11H2,1H3,(H,22,23). The highest BCUT2D eigenvalue weighted by molar-refractivity contribution is 5.78. The van der Waals surface area contributed by atoms with Gasteiger partial charge in [-0.3, -0.25) is 4.79 Å². The Bertz CT molecular complexity index is 721. The summed E-state index contributed by atoms with van der Waals surface area (Å²) in [6.45, 7) is 1.84. The van der Waals surface area contributed by atoms with E-state index in [-0.39, 0.29) is 24.3 Å². The third-order valence-corrected chi connectivity index (χ3v) is 4.33. The maximum absolute atomic E-state index is 13.5. The number of hydrogen-bond acceptors (Lipinski definition) is 2. The molecule has 1 aliphatic rings. The maximum Gasteiger partial charge on any atom is 0.258 e. The molecule has 126 valence electrons. The first kappa shape index (κ1) is 16.4. The molecule has 3 rings (SSSR count). The van der Waals surface area contributed by atoms with E-state index in [4.69, 9.17) is 4.74 Å². The first-order valence-electron chi connectivity index (χ1n) is 7.97. The van der Waals surface area contributed by atoms with Crippen LogP contribution in [0.4, 0.5) is 8.78 Å². The van der Waals surface area contributed by atoms with Gasteiger partial charge in [-0.05, 0) is 36.0 Å². The van der Waals surface area contributed by atoms with Crippen LogP contribution in [0.15, 0.2) is 48.5 Å². The smallest absolute Gasteiger partial charge is 0.258 e. The molecule has 1 fully saturated rings. The van der Waals surface area contributed by atoms with Crippen molar-refractivity contribution >= 4 is 5.91 Å². The fourth-order valence-corrected chi connectivity index (χ4v) is 2.86. The molecule has 0 spiro atoms. The summed E-state index contributed by atoms with van der Waals surface area (Å²) in [5.74, 6) is -1.01. The molecule has 0 bridgehead atoms. The summed E-state index contributed by atoms with van der Waals surface area (Å²) in [6, 6.07) is 12.7. The zero-order valence-electron chi connectivity index (χ0n) is 13.3. The lowest BCUT2D eigenvalue weighted by Gasteiger charge is -2.19. The fourth-order valence-electron chi connectivity index (χ4n) is 2.86. The molecule has 1 amide bonds. The van der Waals surface area contributed by atoms with Gasteiger partial charge in [-0.15, -0.1) is 0 Å². The molecule has 1 aliphatic carbocycles. The molecule has 1 N–H and O–H groups in total. The van der Waals surface area contributed by atoms with Crippen molar-refractivity contribution in [3.05, 3.63) is 65.7 Å². The minimum Gasteiger partial charge on any atom is -0.481 e. The lowest BCUT2D eigenvalue weighted by atomic mass is 10.0. The zero-order valence-corrected chi connectivity index (χ0v) is 13.3. The molecule has 0 saturated heterocycles. The van der Waals surface area contributed by atoms with Crippen molar-refractivity contribution in [3.8, 4) is 5.75 Å². The van der Waals surface area contributed by atoms with Gasteiger partial charge in [0.2, 0.25) is 0 Å². The number of rotatable bonds is 6. The second-order valence-electron chi connectivity index (χ2n) is 6.20. The average molecular weight is 331 g/mol. The van der Waals surface area contributed by atoms with E-state index >= 15 is 0 Å². The van der Waals surface area contributed by atoms with Gasteiger partial charge in [0.15, 0.2) is 18.2 Å². The van der Waals surface area contributed by atoms with Gasteiger partial charge < -0.3 is 10.1 Å². The lowest BCUT2D eigenvalue weighted by molar-refractivity contribution is -0.124. The molecule has 3 nitrogen and oxygen atoms in total. The molecule has 5 heteroatoms. The van der Waals surface area contributed by atoms with Gasteiger partial charge in [0.1, 0.15) is 5.82 Å². The van der Waals surface area contributed by atoms with Crippen LogP contribution in [-0.2, 0) is 4.79 Å². The summed E-state index contributed by atoms with van der Waals surface area (Å²) < 4.78 is 31.5. The van der Waals surface area contributed by atoms with Gasteiger partial charge >= 0.3 is 0 Å². The first-order valence-corrected chi connectivity index (χ1v) is 7.97. The lowest BCUT2D eigenvalue weighted by Crippen LogP contribution is -2.34. The van der Waals surface area contributed by atoms with Crippen molar-refractivity contribution in [1.82, 2.24) is 5.32 Å². The fraction of sp³-hybridized carbons (Fsp3) is 0.316. The second-order valence-corrected chi connectivity index (χ2v) is 6.20. The third kappa shape index (κ3) is 3.91. The molecule has 0 radical (unpaired) electrons. The Balaban J connectivity index is 1.62. The van der Waals surface area contributed by atoms with E-state index in [1.165, 1.54) is 6.07 Å². The summed E-state index contributed by atoms with van der Waals surface area (Å²) in [7, 11) is 0. The van der Waals surface area contributed by atoms with E-state index in [1.807, 2.05) is 30.3 Å². The van der Waals surface area contributed by atoms with Crippen LogP contribution in [-0.4, -0.2) is 12.5 Å². The molecular formula is C19H19F2NO2. The summed E-state index contributed by atoms with van der Waals surface area (Å²) in [5, 5.41) is 2.97. The Morgan fingerprint density at radius 3 is 2.58 bits per heavy atom. The predicted octanol–water partition coefficient (Wildman–Crippen LogP) is 3.86. The van der Waals surface area contributed by atoms with E-state index < -0.39 is 11.6 Å². The van der Waals surface area contributed by atoms with Crippen molar-refractivity contribution in [1.29, 1.82) is 0 Å². The highest BCUT2D eigenvalue weighted by atomic mass is 19.1. The topological polar surface area (TPSA) is 38.3 Å². The summed E-state index contributed by atoms with van der Waals surface area (Å²) >= 11 is 0. The molecule has 0 heterocycles. The molecule has 2 aromatic carbocycles. The number of amides is 1. The van der Waals surface area contributed by atoms with Crippen LogP contribution in [0.25, 0.3) is 0 Å². The number of benzene rings is 2. The quantitative estimate of drug-likeness (QED) is 0.873. The first-order chi connectivity index (χ1) is 11.5. The average Bonchev–Trinajstić information content (AvgIpc) is 3.29. The van der Waals surface area contributed by atoms with Crippen LogP contribution >= 0.6 is 0 Å². The molecule has 3 atom stereocenters. The van der Waals surface area contributed by atoms with Crippen LogP contribution in [0.1, 0.15) is 24.9 Å². The number of halogens is 2. The molecular weight excluding hydrogens is 312 g/mol. The molecule has 0 aliphatic heterocycles. The molecule has 3 unspecified atom stereocenters. The predicted molar refractivity (Wildman–Crippen MR) is 86.4 cm³/mol. The number of carbonyl (C=O) groups excluding carboxylic acids is 1. The van der Waals surface area contributed by atoms with Crippen molar-refractivity contribution in [2.45, 2.75) is 19.4 Å². The van der Waals surface area contributed by atoms with Crippen LogP contribution in [0.2, 0.25) is 0 Å². The van der Waals surface area contributed by atoms with E-state index in [9.17, 15) is 13.6 Å². The monoisotopic (exact) mass is 331 g/mol. The minimum absolute atomic E-state index is 0.0737. The van der Waals surface area contributed by atoms with Gasteiger partial charge in [-0.2, -0.15) is 0 Å². The second kappa shape index (κ2) is 6.99. The molecule has 24 heavy (non-hydrogen) atoms. The number of nitrogens with one attached hydrogen (secondary N) is 1.